The summed E-state index contributed by atoms with van der Waals surface area (Å²) in [4.78, 5) is 15.1. The zero-order valence-electron chi connectivity index (χ0n) is 8.64. The molecule has 0 bridgehead atoms. The van der Waals surface area contributed by atoms with Gasteiger partial charge in [-0.1, -0.05) is 24.3 Å². The second kappa shape index (κ2) is 4.20. The van der Waals surface area contributed by atoms with Gasteiger partial charge in [-0.05, 0) is 17.5 Å². The summed E-state index contributed by atoms with van der Waals surface area (Å²) in [7, 11) is 1.56. The first-order chi connectivity index (χ1) is 7.77. The number of carbonyl (C=O) groups is 1. The van der Waals surface area contributed by atoms with Gasteiger partial charge >= 0.3 is 5.97 Å². The number of rotatable bonds is 2. The summed E-state index contributed by atoms with van der Waals surface area (Å²) < 4.78 is 5.18. The number of fused-ring (bicyclic) bond motifs is 1. The Hall–Kier alpha value is -2.07. The molecule has 0 atom stereocenters. The molecule has 0 aliphatic heterocycles. The van der Waals surface area contributed by atoms with Crippen LogP contribution in [0.1, 0.15) is 10.4 Å². The third-order valence-corrected chi connectivity index (χ3v) is 2.40. The molecule has 0 unspecified atom stereocenters. The predicted molar refractivity (Wildman–Crippen MR) is 58.5 cm³/mol. The summed E-state index contributed by atoms with van der Waals surface area (Å²) in [6, 6.07) is 10.5. The maximum Gasteiger partial charge on any atom is 0.373 e. The third kappa shape index (κ3) is 1.59. The minimum atomic E-state index is -0.779. The van der Waals surface area contributed by atoms with E-state index in [1.165, 1.54) is 0 Å². The van der Waals surface area contributed by atoms with Crippen molar-refractivity contribution in [2.45, 2.75) is 0 Å². The fourth-order valence-electron chi connectivity index (χ4n) is 1.69. The highest BCUT2D eigenvalue weighted by Crippen LogP contribution is 2.27. The standard InChI is InChI=1S/C12H10O4/c1-15-11-7-3-4-8-9(11)5-2-6-10(8)12(13)16-14/h2-7,14H,1H3. The van der Waals surface area contributed by atoms with Crippen LogP contribution in [0.15, 0.2) is 36.4 Å². The van der Waals surface area contributed by atoms with E-state index in [4.69, 9.17) is 9.99 Å². The first-order valence-corrected chi connectivity index (χ1v) is 4.69. The van der Waals surface area contributed by atoms with Gasteiger partial charge in [0, 0.05) is 5.39 Å². The van der Waals surface area contributed by atoms with E-state index in [1.807, 2.05) is 6.07 Å². The Balaban J connectivity index is 2.73. The SMILES string of the molecule is COc1cccc2c(C(=O)OO)cccc12. The molecule has 0 aliphatic carbocycles. The molecule has 0 fully saturated rings. The van der Waals surface area contributed by atoms with Crippen molar-refractivity contribution in [3.8, 4) is 5.75 Å². The highest BCUT2D eigenvalue weighted by molar-refractivity contribution is 6.05. The van der Waals surface area contributed by atoms with E-state index < -0.39 is 5.97 Å². The molecule has 16 heavy (non-hydrogen) atoms. The minimum absolute atomic E-state index is 0.305. The van der Waals surface area contributed by atoms with E-state index >= 15 is 0 Å². The second-order valence-electron chi connectivity index (χ2n) is 3.24. The van der Waals surface area contributed by atoms with Gasteiger partial charge in [0.05, 0.1) is 12.7 Å². The molecule has 0 spiro atoms. The fraction of sp³-hybridized carbons (Fsp3) is 0.0833. The van der Waals surface area contributed by atoms with Crippen LogP contribution in [-0.2, 0) is 4.89 Å². The molecule has 0 saturated heterocycles. The van der Waals surface area contributed by atoms with Crippen LogP contribution in [0.25, 0.3) is 10.8 Å². The van der Waals surface area contributed by atoms with Gasteiger partial charge in [-0.2, -0.15) is 5.26 Å². The largest absolute Gasteiger partial charge is 0.496 e. The summed E-state index contributed by atoms with van der Waals surface area (Å²) in [6.45, 7) is 0. The second-order valence-corrected chi connectivity index (χ2v) is 3.24. The number of ether oxygens (including phenoxy) is 1. The lowest BCUT2D eigenvalue weighted by Crippen LogP contribution is -2.02. The van der Waals surface area contributed by atoms with Gasteiger partial charge in [0.15, 0.2) is 0 Å². The van der Waals surface area contributed by atoms with Gasteiger partial charge in [0.1, 0.15) is 5.75 Å². The first-order valence-electron chi connectivity index (χ1n) is 4.69. The summed E-state index contributed by atoms with van der Waals surface area (Å²) >= 11 is 0. The Morgan fingerprint density at radius 2 is 1.81 bits per heavy atom. The molecule has 0 saturated carbocycles. The number of benzene rings is 2. The average molecular weight is 218 g/mol. The lowest BCUT2D eigenvalue weighted by Gasteiger charge is -2.07. The summed E-state index contributed by atoms with van der Waals surface area (Å²) in [5.74, 6) is -0.107. The number of hydrogen-bond acceptors (Lipinski definition) is 4. The Morgan fingerprint density at radius 1 is 1.12 bits per heavy atom. The van der Waals surface area contributed by atoms with Crippen LogP contribution in [0.4, 0.5) is 0 Å². The number of carbonyl (C=O) groups excluding carboxylic acids is 1. The number of hydrogen-bond donors (Lipinski definition) is 1. The summed E-state index contributed by atoms with van der Waals surface area (Å²) in [6.07, 6.45) is 0. The molecule has 0 amide bonds. The van der Waals surface area contributed by atoms with E-state index in [1.54, 1.807) is 37.4 Å². The fourth-order valence-corrected chi connectivity index (χ4v) is 1.69. The number of methoxy groups -OCH3 is 1. The van der Waals surface area contributed by atoms with Crippen LogP contribution < -0.4 is 4.74 Å². The van der Waals surface area contributed by atoms with E-state index in [0.717, 1.165) is 5.39 Å². The van der Waals surface area contributed by atoms with Crippen molar-refractivity contribution in [1.29, 1.82) is 0 Å². The highest BCUT2D eigenvalue weighted by atomic mass is 17.1. The van der Waals surface area contributed by atoms with Crippen molar-refractivity contribution in [3.63, 3.8) is 0 Å². The molecular formula is C12H10O4. The first kappa shape index (κ1) is 10.4. The third-order valence-electron chi connectivity index (χ3n) is 2.40. The van der Waals surface area contributed by atoms with Crippen LogP contribution >= 0.6 is 0 Å². The van der Waals surface area contributed by atoms with Gasteiger partial charge in [-0.3, -0.25) is 4.89 Å². The van der Waals surface area contributed by atoms with Gasteiger partial charge in [0.2, 0.25) is 0 Å². The quantitative estimate of drug-likeness (QED) is 0.621. The molecular weight excluding hydrogens is 208 g/mol. The highest BCUT2D eigenvalue weighted by Gasteiger charge is 2.12. The van der Waals surface area contributed by atoms with Gasteiger partial charge in [-0.25, -0.2) is 4.79 Å². The monoisotopic (exact) mass is 218 g/mol. The molecule has 0 radical (unpaired) electrons. The topological polar surface area (TPSA) is 55.8 Å². The summed E-state index contributed by atoms with van der Waals surface area (Å²) in [5.41, 5.74) is 0.305. The maximum atomic E-state index is 11.3. The predicted octanol–water partition coefficient (Wildman–Crippen LogP) is 2.48. The van der Waals surface area contributed by atoms with Gasteiger partial charge in [0.25, 0.3) is 0 Å². The van der Waals surface area contributed by atoms with Crippen LogP contribution in [0, 0.1) is 0 Å². The van der Waals surface area contributed by atoms with Crippen molar-refractivity contribution in [3.05, 3.63) is 42.0 Å². The minimum Gasteiger partial charge on any atom is -0.496 e. The van der Waals surface area contributed by atoms with Crippen molar-refractivity contribution in [2.24, 2.45) is 0 Å². The Kier molecular flexibility index (Phi) is 2.74. The van der Waals surface area contributed by atoms with Crippen molar-refractivity contribution in [1.82, 2.24) is 0 Å². The van der Waals surface area contributed by atoms with Crippen LogP contribution in [0.3, 0.4) is 0 Å². The summed E-state index contributed by atoms with van der Waals surface area (Å²) in [5, 5.41) is 9.87. The molecule has 0 aliphatic rings. The molecule has 0 aromatic heterocycles. The molecule has 2 aromatic rings. The Morgan fingerprint density at radius 3 is 2.50 bits per heavy atom. The molecule has 2 aromatic carbocycles. The van der Waals surface area contributed by atoms with E-state index in [0.29, 0.717) is 16.7 Å². The van der Waals surface area contributed by atoms with Gasteiger partial charge < -0.3 is 4.74 Å². The van der Waals surface area contributed by atoms with E-state index in [-0.39, 0.29) is 0 Å². The molecule has 2 rings (SSSR count). The van der Waals surface area contributed by atoms with Crippen LogP contribution in [0.5, 0.6) is 5.75 Å². The van der Waals surface area contributed by atoms with Crippen molar-refractivity contribution >= 4 is 16.7 Å². The van der Waals surface area contributed by atoms with Crippen molar-refractivity contribution in [2.75, 3.05) is 7.11 Å². The average Bonchev–Trinajstić information content (AvgIpc) is 2.36. The Bertz CT molecular complexity index is 534. The van der Waals surface area contributed by atoms with Gasteiger partial charge in [-0.15, -0.1) is 0 Å². The zero-order valence-corrected chi connectivity index (χ0v) is 8.64. The normalized spacial score (nSPS) is 10.1. The van der Waals surface area contributed by atoms with Crippen molar-refractivity contribution < 1.29 is 19.7 Å². The zero-order chi connectivity index (χ0) is 11.5. The Labute approximate surface area is 92.0 Å². The lowest BCUT2D eigenvalue weighted by atomic mass is 10.0. The van der Waals surface area contributed by atoms with E-state index in [2.05, 4.69) is 4.89 Å². The maximum absolute atomic E-state index is 11.3. The molecule has 82 valence electrons. The van der Waals surface area contributed by atoms with Crippen LogP contribution in [0.2, 0.25) is 0 Å². The molecule has 1 N–H and O–H groups in total. The smallest absolute Gasteiger partial charge is 0.373 e. The van der Waals surface area contributed by atoms with E-state index in [9.17, 15) is 4.79 Å². The lowest BCUT2D eigenvalue weighted by molar-refractivity contribution is -0.182. The molecule has 4 heteroatoms. The van der Waals surface area contributed by atoms with Crippen LogP contribution in [-0.4, -0.2) is 18.3 Å². The molecule has 4 nitrogen and oxygen atoms in total. The molecule has 0 heterocycles.